The van der Waals surface area contributed by atoms with E-state index in [0.29, 0.717) is 0 Å². The van der Waals surface area contributed by atoms with Crippen LogP contribution in [0.15, 0.2) is 0 Å². The summed E-state index contributed by atoms with van der Waals surface area (Å²) in [5.74, 6) is 0. The second-order valence-electron chi connectivity index (χ2n) is 0. The van der Waals surface area contributed by atoms with Gasteiger partial charge in [0.15, 0.2) is 0 Å². The molecule has 9 heavy (non-hydrogen) atoms. The van der Waals surface area contributed by atoms with Crippen molar-refractivity contribution in [3.05, 3.63) is 0 Å². The largest absolute Gasteiger partial charge is 3.00 e. The first-order chi connectivity index (χ1) is 0. The summed E-state index contributed by atoms with van der Waals surface area (Å²) in [5.41, 5.74) is 0. The summed E-state index contributed by atoms with van der Waals surface area (Å²) in [4.78, 5) is 0. The van der Waals surface area contributed by atoms with E-state index in [9.17, 15) is 0 Å². The number of hydrogen-bond donors (Lipinski definition) is 0. The van der Waals surface area contributed by atoms with Crippen LogP contribution in [0.5, 0.6) is 0 Å². The van der Waals surface area contributed by atoms with Crippen LogP contribution >= 0.6 is 19.8 Å². The maximum absolute atomic E-state index is 0. The third kappa shape index (κ3) is 139. The van der Waals surface area contributed by atoms with Gasteiger partial charge < -0.3 is 16.4 Å². The number of rotatable bonds is 0. The second-order valence-corrected chi connectivity index (χ2v) is 0. The van der Waals surface area contributed by atoms with E-state index in [1.54, 1.807) is 0 Å². The van der Waals surface area contributed by atoms with Gasteiger partial charge in [-0.2, -0.15) is 19.8 Å². The zero-order valence-corrected chi connectivity index (χ0v) is 11.9. The molecule has 0 aromatic heterocycles. The molecule has 0 aliphatic carbocycles. The minimum absolute atomic E-state index is 0. The van der Waals surface area contributed by atoms with Crippen LogP contribution in [0.2, 0.25) is 0 Å². The molecule has 0 amide bonds. The van der Waals surface area contributed by atoms with Crippen LogP contribution in [0, 0.1) is 0 Å². The van der Waals surface area contributed by atoms with Gasteiger partial charge in [0.25, 0.3) is 0 Å². The van der Waals surface area contributed by atoms with Crippen molar-refractivity contribution in [1.82, 2.24) is 0 Å². The fourth-order valence-electron chi connectivity index (χ4n) is 0. The molecule has 0 bridgehead atoms. The van der Waals surface area contributed by atoms with Crippen molar-refractivity contribution in [1.29, 1.82) is 0 Å². The molecule has 2 unspecified atom stereocenters. The van der Waals surface area contributed by atoms with Gasteiger partial charge in [-0.25, -0.2) is 0 Å². The van der Waals surface area contributed by atoms with Crippen molar-refractivity contribution in [3.63, 3.8) is 0 Å². The summed E-state index contributed by atoms with van der Waals surface area (Å²) >= 11 is 0. The first-order valence-electron chi connectivity index (χ1n) is 0. The molecule has 9 heteroatoms. The summed E-state index contributed by atoms with van der Waals surface area (Å²) in [6, 6.07) is 0. The molecule has 0 aromatic carbocycles. The van der Waals surface area contributed by atoms with Crippen molar-refractivity contribution < 1.29 is 16.4 Å². The van der Waals surface area contributed by atoms with Crippen LogP contribution in [-0.2, 0) is 16.4 Å². The van der Waals surface area contributed by atoms with Gasteiger partial charge in [0.05, 0.1) is 0 Å². The van der Waals surface area contributed by atoms with Crippen LogP contribution in [-0.4, -0.2) is 56.7 Å². The third-order valence-electron chi connectivity index (χ3n) is 0. The molecule has 48 valence electrons. The van der Waals surface area contributed by atoms with E-state index in [1.165, 1.54) is 0 Å². The van der Waals surface area contributed by atoms with E-state index < -0.39 is 0 Å². The first kappa shape index (κ1) is 235. The molecule has 0 N–H and O–H groups in total. The second kappa shape index (κ2) is 174. The molecule has 2 atom stereocenters. The average Bonchev–Trinajstić information content (AvgIpc) is 0. The van der Waals surface area contributed by atoms with Gasteiger partial charge in [-0.05, 0) is 0 Å². The van der Waals surface area contributed by atoms with Crippen LogP contribution < -0.4 is 0 Å². The third-order valence-corrected chi connectivity index (χ3v) is 0. The minimum Gasteiger partial charge on any atom is -2.00 e. The molecule has 0 heterocycles. The van der Waals surface area contributed by atoms with E-state index >= 15 is 0 Å². The molecule has 3 nitrogen and oxygen atoms in total. The van der Waals surface area contributed by atoms with E-state index in [2.05, 4.69) is 0 Å². The van der Waals surface area contributed by atoms with Crippen molar-refractivity contribution in [2.75, 3.05) is 0 Å². The molecule has 0 aliphatic rings. The van der Waals surface area contributed by atoms with Crippen molar-refractivity contribution >= 4 is 76.5 Å². The Labute approximate surface area is 92.6 Å². The van der Waals surface area contributed by atoms with Crippen molar-refractivity contribution in [2.45, 2.75) is 0 Å². The topological polar surface area (TPSA) is 85.5 Å². The fraction of sp³-hybridized carbons (Fsp3) is 0. The summed E-state index contributed by atoms with van der Waals surface area (Å²) < 4.78 is 0. The van der Waals surface area contributed by atoms with E-state index in [4.69, 9.17) is 0 Å². The average molecular weight is 226 g/mol. The summed E-state index contributed by atoms with van der Waals surface area (Å²) in [7, 11) is 0. The van der Waals surface area contributed by atoms with Crippen LogP contribution in [0.25, 0.3) is 0 Å². The van der Waals surface area contributed by atoms with Gasteiger partial charge in [0.2, 0.25) is 0 Å². The zero-order valence-electron chi connectivity index (χ0n) is 4.79. The molecule has 0 aliphatic heterocycles. The Bertz CT molecular complexity index is 17.8. The van der Waals surface area contributed by atoms with Gasteiger partial charge in [-0.1, -0.05) is 0 Å². The van der Waals surface area contributed by atoms with Crippen molar-refractivity contribution in [2.24, 2.45) is 0 Å². The molecular formula is H6Al2O3P2Si2. The predicted octanol–water partition coefficient (Wildman–Crippen LogP) is -1.76. The quantitative estimate of drug-likeness (QED) is 0.346. The zero-order chi connectivity index (χ0) is 0. The SMILES string of the molecule is P.P.[Al+3].[Al+3].[O-2].[O-2].[O-2].[Si].[Si]. The Hall–Kier alpha value is 2.24. The van der Waals surface area contributed by atoms with Gasteiger partial charge in [-0.15, -0.1) is 0 Å². The smallest absolute Gasteiger partial charge is 2.00 e. The van der Waals surface area contributed by atoms with Crippen LogP contribution in [0.3, 0.4) is 0 Å². The first-order valence-corrected chi connectivity index (χ1v) is 0. The maximum Gasteiger partial charge on any atom is 3.00 e. The Balaban J connectivity index is 0. The Morgan fingerprint density at radius 2 is 0.444 bits per heavy atom. The van der Waals surface area contributed by atoms with Gasteiger partial charge in [-0.3, -0.25) is 0 Å². The van der Waals surface area contributed by atoms with Crippen LogP contribution in [0.4, 0.5) is 0 Å². The Morgan fingerprint density at radius 3 is 0.444 bits per heavy atom. The number of hydrogen-bond acceptors (Lipinski definition) is 0. The fourth-order valence-corrected chi connectivity index (χ4v) is 0. The predicted molar refractivity (Wildman–Crippen MR) is 47.3 cm³/mol. The summed E-state index contributed by atoms with van der Waals surface area (Å²) in [6.45, 7) is 0. The minimum atomic E-state index is 0. The summed E-state index contributed by atoms with van der Waals surface area (Å²) in [5, 5.41) is 0. The van der Waals surface area contributed by atoms with E-state index in [1.807, 2.05) is 0 Å². The summed E-state index contributed by atoms with van der Waals surface area (Å²) in [6.07, 6.45) is 0. The maximum atomic E-state index is 0. The standard InChI is InChI=1S/2Al.3O.2H3P.2Si/h;;;;;2*1H3;;/q2*+3;3*-2;;;;. The van der Waals surface area contributed by atoms with E-state index in [0.717, 1.165) is 0 Å². The Morgan fingerprint density at radius 1 is 0.444 bits per heavy atom. The molecule has 0 aromatic rings. The Kier molecular flexibility index (Phi) is 4550. The van der Waals surface area contributed by atoms with Gasteiger partial charge in [0, 0.05) is 21.9 Å². The normalized spacial score (nSPS) is 0. The molecule has 0 spiro atoms. The molecular weight excluding hydrogens is 220 g/mol. The van der Waals surface area contributed by atoms with Gasteiger partial charge >= 0.3 is 34.7 Å². The van der Waals surface area contributed by atoms with E-state index in [-0.39, 0.29) is 92.9 Å². The molecule has 8 radical (unpaired) electrons. The molecule has 0 saturated heterocycles. The monoisotopic (exact) mass is 226 g/mol. The van der Waals surface area contributed by atoms with Gasteiger partial charge in [0.1, 0.15) is 0 Å². The molecule has 0 fully saturated rings. The van der Waals surface area contributed by atoms with Crippen LogP contribution in [0.1, 0.15) is 0 Å². The molecule has 0 saturated carbocycles. The van der Waals surface area contributed by atoms with Crippen molar-refractivity contribution in [3.8, 4) is 0 Å². The molecule has 0 rings (SSSR count).